The molecule has 0 fully saturated rings. The van der Waals surface area contributed by atoms with E-state index in [1.165, 1.54) is 0 Å². The SMILES string of the molecule is COc1cc2c(c(Cl)c1C)CC=C2C#N. The van der Waals surface area contributed by atoms with E-state index in [9.17, 15) is 0 Å². The van der Waals surface area contributed by atoms with Crippen molar-refractivity contribution < 1.29 is 4.74 Å². The average Bonchev–Trinajstić information content (AvgIpc) is 2.66. The third-order valence-electron chi connectivity index (χ3n) is 2.71. The Morgan fingerprint density at radius 1 is 1.53 bits per heavy atom. The number of rotatable bonds is 1. The molecule has 76 valence electrons. The van der Waals surface area contributed by atoms with E-state index in [2.05, 4.69) is 6.07 Å². The van der Waals surface area contributed by atoms with Gasteiger partial charge in [-0.3, -0.25) is 0 Å². The molecule has 0 radical (unpaired) electrons. The van der Waals surface area contributed by atoms with Crippen molar-refractivity contribution in [3.63, 3.8) is 0 Å². The lowest BCUT2D eigenvalue weighted by molar-refractivity contribution is 0.411. The molecule has 0 aromatic heterocycles. The van der Waals surface area contributed by atoms with Crippen molar-refractivity contribution in [2.24, 2.45) is 0 Å². The molecule has 2 nitrogen and oxygen atoms in total. The van der Waals surface area contributed by atoms with Gasteiger partial charge >= 0.3 is 0 Å². The van der Waals surface area contributed by atoms with Gasteiger partial charge in [0, 0.05) is 11.1 Å². The number of fused-ring (bicyclic) bond motifs is 1. The fourth-order valence-corrected chi connectivity index (χ4v) is 2.12. The minimum absolute atomic E-state index is 0.685. The molecule has 1 aromatic rings. The van der Waals surface area contributed by atoms with E-state index in [0.29, 0.717) is 10.6 Å². The largest absolute Gasteiger partial charge is 0.496 e. The summed E-state index contributed by atoms with van der Waals surface area (Å²) in [5.74, 6) is 0.738. The van der Waals surface area contributed by atoms with E-state index in [0.717, 1.165) is 28.9 Å². The van der Waals surface area contributed by atoms with Crippen molar-refractivity contribution in [2.75, 3.05) is 7.11 Å². The van der Waals surface area contributed by atoms with Crippen LogP contribution >= 0.6 is 11.6 Å². The van der Waals surface area contributed by atoms with Crippen LogP contribution in [0.5, 0.6) is 5.75 Å². The molecule has 0 heterocycles. The molecular weight excluding hydrogens is 210 g/mol. The summed E-state index contributed by atoms with van der Waals surface area (Å²) < 4.78 is 5.22. The summed E-state index contributed by atoms with van der Waals surface area (Å²) in [4.78, 5) is 0. The first-order valence-electron chi connectivity index (χ1n) is 4.65. The minimum atomic E-state index is 0.685. The minimum Gasteiger partial charge on any atom is -0.496 e. The third-order valence-corrected chi connectivity index (χ3v) is 3.22. The summed E-state index contributed by atoms with van der Waals surface area (Å²) in [5, 5.41) is 9.65. The smallest absolute Gasteiger partial charge is 0.123 e. The van der Waals surface area contributed by atoms with Crippen molar-refractivity contribution in [1.82, 2.24) is 0 Å². The van der Waals surface area contributed by atoms with Crippen molar-refractivity contribution in [2.45, 2.75) is 13.3 Å². The number of ether oxygens (including phenoxy) is 1. The Morgan fingerprint density at radius 2 is 2.27 bits per heavy atom. The molecule has 1 aromatic carbocycles. The van der Waals surface area contributed by atoms with Gasteiger partial charge in [-0.15, -0.1) is 0 Å². The van der Waals surface area contributed by atoms with E-state index < -0.39 is 0 Å². The van der Waals surface area contributed by atoms with Crippen LogP contribution in [0.1, 0.15) is 16.7 Å². The van der Waals surface area contributed by atoms with Crippen molar-refractivity contribution in [3.8, 4) is 11.8 Å². The highest BCUT2D eigenvalue weighted by molar-refractivity contribution is 6.32. The van der Waals surface area contributed by atoms with Gasteiger partial charge in [0.15, 0.2) is 0 Å². The van der Waals surface area contributed by atoms with Crippen LogP contribution in [-0.2, 0) is 6.42 Å². The topological polar surface area (TPSA) is 33.0 Å². The molecule has 3 heteroatoms. The standard InChI is InChI=1S/C12H10ClNO/c1-7-11(15-2)5-10-8(6-14)3-4-9(10)12(7)13/h3,5H,4H2,1-2H3. The van der Waals surface area contributed by atoms with Gasteiger partial charge in [-0.1, -0.05) is 17.7 Å². The zero-order valence-electron chi connectivity index (χ0n) is 8.60. The van der Waals surface area contributed by atoms with Gasteiger partial charge in [0.25, 0.3) is 0 Å². The lowest BCUT2D eigenvalue weighted by Gasteiger charge is -2.11. The first-order valence-corrected chi connectivity index (χ1v) is 5.03. The van der Waals surface area contributed by atoms with E-state index in [-0.39, 0.29) is 0 Å². The number of benzene rings is 1. The number of nitriles is 1. The molecule has 1 aliphatic rings. The zero-order valence-corrected chi connectivity index (χ0v) is 9.35. The van der Waals surface area contributed by atoms with Gasteiger partial charge < -0.3 is 4.74 Å². The molecule has 0 N–H and O–H groups in total. The summed E-state index contributed by atoms with van der Waals surface area (Å²) in [6, 6.07) is 4.05. The highest BCUT2D eigenvalue weighted by Gasteiger charge is 2.20. The van der Waals surface area contributed by atoms with Crippen molar-refractivity contribution in [3.05, 3.63) is 33.9 Å². The zero-order chi connectivity index (χ0) is 11.0. The summed E-state index contributed by atoms with van der Waals surface area (Å²) in [5.41, 5.74) is 3.56. The van der Waals surface area contributed by atoms with Crippen molar-refractivity contribution >= 4 is 17.2 Å². The summed E-state index contributed by atoms with van der Waals surface area (Å²) >= 11 is 6.22. The van der Waals surface area contributed by atoms with E-state index in [1.807, 2.05) is 19.1 Å². The normalized spacial score (nSPS) is 13.1. The second-order valence-electron chi connectivity index (χ2n) is 3.48. The number of hydrogen-bond donors (Lipinski definition) is 0. The summed E-state index contributed by atoms with van der Waals surface area (Å²) in [6.07, 6.45) is 2.64. The average molecular weight is 220 g/mol. The van der Waals surface area contributed by atoms with Crippen LogP contribution in [0.2, 0.25) is 5.02 Å². The van der Waals surface area contributed by atoms with Gasteiger partial charge in [0.1, 0.15) is 5.75 Å². The monoisotopic (exact) mass is 219 g/mol. The predicted octanol–water partition coefficient (Wildman–Crippen LogP) is 3.12. The molecule has 1 aliphatic carbocycles. The quantitative estimate of drug-likeness (QED) is 0.727. The van der Waals surface area contributed by atoms with Crippen molar-refractivity contribution in [1.29, 1.82) is 5.26 Å². The van der Waals surface area contributed by atoms with Crippen LogP contribution in [-0.4, -0.2) is 7.11 Å². The first kappa shape index (κ1) is 10.1. The van der Waals surface area contributed by atoms with E-state index in [1.54, 1.807) is 7.11 Å². The maximum Gasteiger partial charge on any atom is 0.123 e. The number of hydrogen-bond acceptors (Lipinski definition) is 2. The molecule has 0 unspecified atom stereocenters. The highest BCUT2D eigenvalue weighted by Crippen LogP contribution is 2.38. The van der Waals surface area contributed by atoms with Crippen LogP contribution in [0.4, 0.5) is 0 Å². The van der Waals surface area contributed by atoms with Gasteiger partial charge in [-0.05, 0) is 25.0 Å². The molecular formula is C12H10ClNO. The number of methoxy groups -OCH3 is 1. The van der Waals surface area contributed by atoms with Gasteiger partial charge in [0.2, 0.25) is 0 Å². The first-order chi connectivity index (χ1) is 7.19. The number of halogens is 1. The van der Waals surface area contributed by atoms with Crippen LogP contribution < -0.4 is 4.74 Å². The Labute approximate surface area is 93.7 Å². The Morgan fingerprint density at radius 3 is 2.87 bits per heavy atom. The van der Waals surface area contributed by atoms with Crippen LogP contribution in [0, 0.1) is 18.3 Å². The van der Waals surface area contributed by atoms with E-state index in [4.69, 9.17) is 21.6 Å². The van der Waals surface area contributed by atoms with Gasteiger partial charge in [-0.2, -0.15) is 5.26 Å². The maximum atomic E-state index is 8.93. The molecule has 0 bridgehead atoms. The molecule has 0 aliphatic heterocycles. The molecule has 0 atom stereocenters. The van der Waals surface area contributed by atoms with Gasteiger partial charge in [0.05, 0.1) is 23.8 Å². The Kier molecular flexibility index (Phi) is 2.42. The Hall–Kier alpha value is -1.46. The summed E-state index contributed by atoms with van der Waals surface area (Å²) in [7, 11) is 1.61. The Balaban J connectivity index is 2.68. The van der Waals surface area contributed by atoms with Gasteiger partial charge in [-0.25, -0.2) is 0 Å². The maximum absolute atomic E-state index is 8.93. The lowest BCUT2D eigenvalue weighted by atomic mass is 10.0. The molecule has 0 saturated carbocycles. The Bertz CT molecular complexity index is 497. The molecule has 0 spiro atoms. The second kappa shape index (κ2) is 3.60. The second-order valence-corrected chi connectivity index (χ2v) is 3.86. The highest BCUT2D eigenvalue weighted by atomic mass is 35.5. The van der Waals surface area contributed by atoms with Crippen LogP contribution in [0.25, 0.3) is 5.57 Å². The fourth-order valence-electron chi connectivity index (χ4n) is 1.85. The van der Waals surface area contributed by atoms with E-state index >= 15 is 0 Å². The summed E-state index contributed by atoms with van der Waals surface area (Å²) in [6.45, 7) is 1.92. The van der Waals surface area contributed by atoms with Crippen LogP contribution in [0.3, 0.4) is 0 Å². The molecule has 15 heavy (non-hydrogen) atoms. The number of nitrogens with zero attached hydrogens (tertiary/aromatic N) is 1. The van der Waals surface area contributed by atoms with Crippen LogP contribution in [0.15, 0.2) is 12.1 Å². The predicted molar refractivity (Wildman–Crippen MR) is 60.0 cm³/mol. The fraction of sp³-hybridized carbons (Fsp3) is 0.250. The molecule has 2 rings (SSSR count). The molecule has 0 saturated heterocycles. The number of allylic oxidation sites excluding steroid dienone is 2. The third kappa shape index (κ3) is 1.40. The lowest BCUT2D eigenvalue weighted by Crippen LogP contribution is -1.94. The molecule has 0 amide bonds.